The second-order valence-electron chi connectivity index (χ2n) is 3.88. The maximum absolute atomic E-state index is 10.2. The highest BCUT2D eigenvalue weighted by Crippen LogP contribution is 2.13. The Morgan fingerprint density at radius 2 is 2.40 bits per heavy atom. The van der Waals surface area contributed by atoms with E-state index in [2.05, 4.69) is 6.08 Å². The molecular weight excluding hydrogens is 192 g/mol. The molecule has 1 unspecified atom stereocenters. The van der Waals surface area contributed by atoms with Gasteiger partial charge >= 0.3 is 0 Å². The molecule has 1 atom stereocenters. The van der Waals surface area contributed by atoms with Crippen molar-refractivity contribution in [3.63, 3.8) is 0 Å². The number of carbonyl (C=O) groups is 1. The predicted octanol–water partition coefficient (Wildman–Crippen LogP) is 2.46. The molecule has 0 amide bonds. The largest absolute Gasteiger partial charge is 0.353 e. The molecule has 0 aromatic carbocycles. The van der Waals surface area contributed by atoms with Crippen LogP contribution in [0.1, 0.15) is 39.0 Å². The van der Waals surface area contributed by atoms with E-state index in [0.717, 1.165) is 37.7 Å². The first-order valence-electron chi connectivity index (χ1n) is 5.65. The van der Waals surface area contributed by atoms with Gasteiger partial charge in [-0.05, 0) is 32.6 Å². The quantitative estimate of drug-likeness (QED) is 0.385. The lowest BCUT2D eigenvalue weighted by atomic mass is 10.2. The standard InChI is InChI=1S/C12H20O3/c1-11(7-8-13)5-4-10-15-12-6-2-3-9-14-12/h5,8,12H,2-4,6-7,9-10H2,1H3/b11-5-. The van der Waals surface area contributed by atoms with Gasteiger partial charge in [0.2, 0.25) is 0 Å². The normalized spacial score (nSPS) is 22.7. The highest BCUT2D eigenvalue weighted by atomic mass is 16.7. The molecule has 0 spiro atoms. The highest BCUT2D eigenvalue weighted by molar-refractivity contribution is 5.53. The molecule has 1 saturated heterocycles. The third kappa shape index (κ3) is 5.70. The maximum Gasteiger partial charge on any atom is 0.157 e. The lowest BCUT2D eigenvalue weighted by molar-refractivity contribution is -0.161. The average Bonchev–Trinajstić information content (AvgIpc) is 2.26. The summed E-state index contributed by atoms with van der Waals surface area (Å²) in [4.78, 5) is 10.2. The first kappa shape index (κ1) is 12.4. The predicted molar refractivity (Wildman–Crippen MR) is 58.6 cm³/mol. The molecule has 0 aliphatic carbocycles. The summed E-state index contributed by atoms with van der Waals surface area (Å²) < 4.78 is 11.0. The van der Waals surface area contributed by atoms with Crippen molar-refractivity contribution in [2.24, 2.45) is 0 Å². The molecule has 1 rings (SSSR count). The zero-order chi connectivity index (χ0) is 10.9. The molecule has 15 heavy (non-hydrogen) atoms. The molecule has 0 bridgehead atoms. The van der Waals surface area contributed by atoms with Crippen LogP contribution in [0.25, 0.3) is 0 Å². The van der Waals surface area contributed by atoms with Gasteiger partial charge in [0, 0.05) is 13.0 Å². The topological polar surface area (TPSA) is 35.5 Å². The van der Waals surface area contributed by atoms with E-state index in [-0.39, 0.29) is 6.29 Å². The summed E-state index contributed by atoms with van der Waals surface area (Å²) in [6.07, 6.45) is 7.73. The van der Waals surface area contributed by atoms with E-state index < -0.39 is 0 Å². The van der Waals surface area contributed by atoms with Crippen LogP contribution < -0.4 is 0 Å². The van der Waals surface area contributed by atoms with E-state index in [0.29, 0.717) is 13.0 Å². The van der Waals surface area contributed by atoms with Crippen LogP contribution in [0.5, 0.6) is 0 Å². The Morgan fingerprint density at radius 3 is 3.07 bits per heavy atom. The Bertz CT molecular complexity index is 205. The van der Waals surface area contributed by atoms with E-state index in [1.165, 1.54) is 6.42 Å². The van der Waals surface area contributed by atoms with Crippen molar-refractivity contribution < 1.29 is 14.3 Å². The zero-order valence-electron chi connectivity index (χ0n) is 9.41. The van der Waals surface area contributed by atoms with Crippen LogP contribution in [0.3, 0.4) is 0 Å². The first-order valence-corrected chi connectivity index (χ1v) is 5.65. The molecule has 1 aliphatic heterocycles. The molecule has 1 heterocycles. The second-order valence-corrected chi connectivity index (χ2v) is 3.88. The van der Waals surface area contributed by atoms with Gasteiger partial charge in [-0.3, -0.25) is 0 Å². The van der Waals surface area contributed by atoms with Crippen LogP contribution in [0, 0.1) is 0 Å². The van der Waals surface area contributed by atoms with Crippen LogP contribution in [-0.4, -0.2) is 25.8 Å². The van der Waals surface area contributed by atoms with Crippen LogP contribution in [0.2, 0.25) is 0 Å². The number of hydrogen-bond donors (Lipinski definition) is 0. The Labute approximate surface area is 91.4 Å². The summed E-state index contributed by atoms with van der Waals surface area (Å²) in [5, 5.41) is 0. The number of carbonyl (C=O) groups excluding carboxylic acids is 1. The van der Waals surface area contributed by atoms with Crippen molar-refractivity contribution in [2.45, 2.75) is 45.3 Å². The first-order chi connectivity index (χ1) is 7.33. The number of rotatable bonds is 6. The fourth-order valence-electron chi connectivity index (χ4n) is 1.56. The van der Waals surface area contributed by atoms with E-state index >= 15 is 0 Å². The van der Waals surface area contributed by atoms with Gasteiger partial charge in [0.1, 0.15) is 6.29 Å². The van der Waals surface area contributed by atoms with E-state index in [1.54, 1.807) is 0 Å². The summed E-state index contributed by atoms with van der Waals surface area (Å²) in [6, 6.07) is 0. The van der Waals surface area contributed by atoms with Gasteiger partial charge in [-0.1, -0.05) is 11.6 Å². The minimum Gasteiger partial charge on any atom is -0.353 e. The van der Waals surface area contributed by atoms with Gasteiger partial charge in [0.25, 0.3) is 0 Å². The number of aldehydes is 1. The zero-order valence-corrected chi connectivity index (χ0v) is 9.41. The van der Waals surface area contributed by atoms with Gasteiger partial charge in [0.05, 0.1) is 6.61 Å². The van der Waals surface area contributed by atoms with E-state index in [9.17, 15) is 4.79 Å². The molecule has 0 N–H and O–H groups in total. The number of allylic oxidation sites excluding steroid dienone is 1. The number of ether oxygens (including phenoxy) is 2. The van der Waals surface area contributed by atoms with Gasteiger partial charge in [0.15, 0.2) is 6.29 Å². The van der Waals surface area contributed by atoms with Gasteiger partial charge < -0.3 is 14.3 Å². The maximum atomic E-state index is 10.2. The van der Waals surface area contributed by atoms with Gasteiger partial charge in [-0.25, -0.2) is 0 Å². The summed E-state index contributed by atoms with van der Waals surface area (Å²) in [7, 11) is 0. The van der Waals surface area contributed by atoms with Crippen molar-refractivity contribution in [1.29, 1.82) is 0 Å². The Hall–Kier alpha value is -0.670. The summed E-state index contributed by atoms with van der Waals surface area (Å²) in [5.74, 6) is 0. The van der Waals surface area contributed by atoms with Crippen LogP contribution in [0.15, 0.2) is 11.6 Å². The third-order valence-corrected chi connectivity index (χ3v) is 2.46. The smallest absolute Gasteiger partial charge is 0.157 e. The Kier molecular flexibility index (Phi) is 6.28. The lowest BCUT2D eigenvalue weighted by Gasteiger charge is -2.22. The molecule has 0 aromatic rings. The molecule has 3 nitrogen and oxygen atoms in total. The summed E-state index contributed by atoms with van der Waals surface area (Å²) in [6.45, 7) is 3.47. The summed E-state index contributed by atoms with van der Waals surface area (Å²) in [5.41, 5.74) is 1.11. The minimum atomic E-state index is -0.00136. The van der Waals surface area contributed by atoms with Gasteiger partial charge in [-0.2, -0.15) is 0 Å². The Balaban J connectivity index is 2.04. The van der Waals surface area contributed by atoms with E-state index in [4.69, 9.17) is 9.47 Å². The molecule has 0 saturated carbocycles. The highest BCUT2D eigenvalue weighted by Gasteiger charge is 2.12. The monoisotopic (exact) mass is 212 g/mol. The molecule has 1 fully saturated rings. The van der Waals surface area contributed by atoms with Crippen molar-refractivity contribution in [3.8, 4) is 0 Å². The third-order valence-electron chi connectivity index (χ3n) is 2.46. The lowest BCUT2D eigenvalue weighted by Crippen LogP contribution is -2.22. The van der Waals surface area contributed by atoms with Crippen molar-refractivity contribution in [1.82, 2.24) is 0 Å². The average molecular weight is 212 g/mol. The molecule has 1 aliphatic rings. The molecule has 3 heteroatoms. The van der Waals surface area contributed by atoms with Crippen molar-refractivity contribution in [2.75, 3.05) is 13.2 Å². The van der Waals surface area contributed by atoms with Crippen LogP contribution in [0.4, 0.5) is 0 Å². The second kappa shape index (κ2) is 7.60. The molecule has 0 aromatic heterocycles. The molecule has 0 radical (unpaired) electrons. The molecule has 86 valence electrons. The number of hydrogen-bond acceptors (Lipinski definition) is 3. The van der Waals surface area contributed by atoms with Gasteiger partial charge in [-0.15, -0.1) is 0 Å². The van der Waals surface area contributed by atoms with Crippen molar-refractivity contribution in [3.05, 3.63) is 11.6 Å². The fourth-order valence-corrected chi connectivity index (χ4v) is 1.56. The SMILES string of the molecule is C/C(=C/CCOC1CCCCO1)CC=O. The van der Waals surface area contributed by atoms with Crippen LogP contribution >= 0.6 is 0 Å². The van der Waals surface area contributed by atoms with Crippen LogP contribution in [-0.2, 0) is 14.3 Å². The summed E-state index contributed by atoms with van der Waals surface area (Å²) >= 11 is 0. The Morgan fingerprint density at radius 1 is 1.53 bits per heavy atom. The van der Waals surface area contributed by atoms with E-state index in [1.807, 2.05) is 6.92 Å². The molecular formula is C12H20O3. The minimum absolute atomic E-state index is 0.00136. The van der Waals surface area contributed by atoms with Crippen molar-refractivity contribution >= 4 is 6.29 Å². The fraction of sp³-hybridized carbons (Fsp3) is 0.750.